The zero-order valence-electron chi connectivity index (χ0n) is 13.0. The van der Waals surface area contributed by atoms with Gasteiger partial charge < -0.3 is 10.5 Å². The van der Waals surface area contributed by atoms with Crippen LogP contribution in [-0.2, 0) is 5.41 Å². The first-order valence-electron chi connectivity index (χ1n) is 6.76. The van der Waals surface area contributed by atoms with Gasteiger partial charge in [-0.2, -0.15) is 4.98 Å². The fraction of sp³-hybridized carbons (Fsp3) is 0.375. The largest absolute Gasteiger partial charge is 0.439 e. The summed E-state index contributed by atoms with van der Waals surface area (Å²) in [5, 5.41) is 0.750. The van der Waals surface area contributed by atoms with Gasteiger partial charge in [0.05, 0.1) is 0 Å². The van der Waals surface area contributed by atoms with Crippen molar-refractivity contribution in [1.29, 1.82) is 0 Å². The molecule has 2 aromatic rings. The minimum Gasteiger partial charge on any atom is -0.439 e. The molecule has 0 radical (unpaired) electrons. The molecule has 21 heavy (non-hydrogen) atoms. The number of aromatic nitrogens is 2. The van der Waals surface area contributed by atoms with E-state index in [1.165, 1.54) is 0 Å². The van der Waals surface area contributed by atoms with Crippen LogP contribution in [0.1, 0.15) is 37.7 Å². The normalized spacial score (nSPS) is 11.5. The molecule has 1 heterocycles. The molecule has 0 spiro atoms. The fourth-order valence-corrected chi connectivity index (χ4v) is 2.03. The van der Waals surface area contributed by atoms with Crippen molar-refractivity contribution in [2.75, 3.05) is 5.73 Å². The van der Waals surface area contributed by atoms with Crippen molar-refractivity contribution in [3.63, 3.8) is 0 Å². The molecule has 1 aromatic heterocycles. The lowest BCUT2D eigenvalue weighted by Crippen LogP contribution is -2.17. The number of halogens is 1. The standard InChI is InChI=1S/C16H20ClN3O/c1-9-6-11(7-10(2)14(9)17)21-13-8-12(18)19-15(20-13)16(3,4)5/h6-8H,1-5H3,(H2,18,19,20). The molecule has 0 amide bonds. The van der Waals surface area contributed by atoms with E-state index in [4.69, 9.17) is 22.1 Å². The molecule has 0 bridgehead atoms. The highest BCUT2D eigenvalue weighted by molar-refractivity contribution is 6.32. The van der Waals surface area contributed by atoms with Gasteiger partial charge in [-0.25, -0.2) is 4.98 Å². The van der Waals surface area contributed by atoms with Gasteiger partial charge in [0.15, 0.2) is 0 Å². The van der Waals surface area contributed by atoms with Crippen LogP contribution >= 0.6 is 11.6 Å². The van der Waals surface area contributed by atoms with Crippen LogP contribution in [0.25, 0.3) is 0 Å². The zero-order chi connectivity index (χ0) is 15.8. The zero-order valence-corrected chi connectivity index (χ0v) is 13.7. The highest BCUT2D eigenvalue weighted by Crippen LogP contribution is 2.30. The molecule has 0 saturated carbocycles. The van der Waals surface area contributed by atoms with E-state index >= 15 is 0 Å². The van der Waals surface area contributed by atoms with E-state index in [1.54, 1.807) is 6.07 Å². The summed E-state index contributed by atoms with van der Waals surface area (Å²) >= 11 is 6.16. The van der Waals surface area contributed by atoms with Crippen molar-refractivity contribution in [3.05, 3.63) is 40.2 Å². The molecule has 0 atom stereocenters. The number of ether oxygens (including phenoxy) is 1. The molecule has 1 aromatic carbocycles. The van der Waals surface area contributed by atoms with E-state index < -0.39 is 0 Å². The topological polar surface area (TPSA) is 61.0 Å². The Balaban J connectivity index is 2.38. The molecule has 0 fully saturated rings. The van der Waals surface area contributed by atoms with Crippen molar-refractivity contribution in [2.45, 2.75) is 40.0 Å². The summed E-state index contributed by atoms with van der Waals surface area (Å²) in [7, 11) is 0. The van der Waals surface area contributed by atoms with E-state index in [1.807, 2.05) is 46.8 Å². The Bertz CT molecular complexity index is 655. The first kappa shape index (κ1) is 15.6. The molecule has 0 saturated heterocycles. The van der Waals surface area contributed by atoms with Crippen molar-refractivity contribution in [2.24, 2.45) is 0 Å². The Hall–Kier alpha value is -1.81. The van der Waals surface area contributed by atoms with Crippen LogP contribution in [0.4, 0.5) is 5.82 Å². The molecule has 0 aliphatic rings. The summed E-state index contributed by atoms with van der Waals surface area (Å²) in [6.07, 6.45) is 0. The van der Waals surface area contributed by atoms with E-state index in [0.717, 1.165) is 16.1 Å². The van der Waals surface area contributed by atoms with E-state index in [-0.39, 0.29) is 5.41 Å². The minimum atomic E-state index is -0.195. The lowest BCUT2D eigenvalue weighted by molar-refractivity contribution is 0.446. The molecule has 0 aliphatic carbocycles. The predicted molar refractivity (Wildman–Crippen MR) is 86.1 cm³/mol. The number of rotatable bonds is 2. The Labute approximate surface area is 130 Å². The van der Waals surface area contributed by atoms with Gasteiger partial charge in [-0.15, -0.1) is 0 Å². The summed E-state index contributed by atoms with van der Waals surface area (Å²) in [5.41, 5.74) is 7.57. The molecule has 2 rings (SSSR count). The first-order chi connectivity index (χ1) is 9.66. The van der Waals surface area contributed by atoms with Gasteiger partial charge in [0.1, 0.15) is 17.4 Å². The Morgan fingerprint density at radius 1 is 1.05 bits per heavy atom. The molecule has 0 unspecified atom stereocenters. The number of nitrogen functional groups attached to an aromatic ring is 1. The van der Waals surface area contributed by atoms with Gasteiger partial charge in [-0.3, -0.25) is 0 Å². The van der Waals surface area contributed by atoms with E-state index in [9.17, 15) is 0 Å². The number of hydrogen-bond acceptors (Lipinski definition) is 4. The average Bonchev–Trinajstić information content (AvgIpc) is 2.34. The smallest absolute Gasteiger partial charge is 0.224 e. The van der Waals surface area contributed by atoms with Crippen LogP contribution in [0.15, 0.2) is 18.2 Å². The maximum atomic E-state index is 6.16. The molecule has 0 aliphatic heterocycles. The van der Waals surface area contributed by atoms with Gasteiger partial charge in [0.2, 0.25) is 5.88 Å². The van der Waals surface area contributed by atoms with Crippen molar-refractivity contribution in [1.82, 2.24) is 9.97 Å². The summed E-state index contributed by atoms with van der Waals surface area (Å²) in [4.78, 5) is 8.70. The van der Waals surface area contributed by atoms with E-state index in [0.29, 0.717) is 23.3 Å². The van der Waals surface area contributed by atoms with E-state index in [2.05, 4.69) is 9.97 Å². The van der Waals surface area contributed by atoms with Gasteiger partial charge in [-0.05, 0) is 37.1 Å². The highest BCUT2D eigenvalue weighted by Gasteiger charge is 2.19. The van der Waals surface area contributed by atoms with Crippen molar-refractivity contribution in [3.8, 4) is 11.6 Å². The highest BCUT2D eigenvalue weighted by atomic mass is 35.5. The van der Waals surface area contributed by atoms with Crippen LogP contribution in [0.5, 0.6) is 11.6 Å². The van der Waals surface area contributed by atoms with Crippen LogP contribution in [0.3, 0.4) is 0 Å². The number of hydrogen-bond donors (Lipinski definition) is 1. The fourth-order valence-electron chi connectivity index (χ4n) is 1.92. The maximum absolute atomic E-state index is 6.16. The summed E-state index contributed by atoms with van der Waals surface area (Å²) in [6, 6.07) is 5.38. The number of nitrogens with two attached hydrogens (primary N) is 1. The second-order valence-electron chi connectivity index (χ2n) is 6.18. The second-order valence-corrected chi connectivity index (χ2v) is 6.56. The number of anilines is 1. The Morgan fingerprint density at radius 3 is 2.14 bits per heavy atom. The molecule has 5 heteroatoms. The lowest BCUT2D eigenvalue weighted by atomic mass is 9.96. The SMILES string of the molecule is Cc1cc(Oc2cc(N)nc(C(C)(C)C)n2)cc(C)c1Cl. The second kappa shape index (κ2) is 5.53. The Kier molecular flexibility index (Phi) is 4.10. The molecule has 4 nitrogen and oxygen atoms in total. The first-order valence-corrected chi connectivity index (χ1v) is 7.14. The quantitative estimate of drug-likeness (QED) is 0.892. The minimum absolute atomic E-state index is 0.195. The van der Waals surface area contributed by atoms with Crippen LogP contribution < -0.4 is 10.5 Å². The third-order valence-electron chi connectivity index (χ3n) is 3.03. The lowest BCUT2D eigenvalue weighted by Gasteiger charge is -2.18. The Morgan fingerprint density at radius 2 is 1.62 bits per heavy atom. The van der Waals surface area contributed by atoms with Crippen molar-refractivity contribution >= 4 is 17.4 Å². The number of benzene rings is 1. The summed E-state index contributed by atoms with van der Waals surface area (Å²) in [5.74, 6) is 2.17. The molecular weight excluding hydrogens is 286 g/mol. The predicted octanol–water partition coefficient (Wildman–Crippen LogP) is 4.42. The molecular formula is C16H20ClN3O. The summed E-state index contributed by atoms with van der Waals surface area (Å²) < 4.78 is 5.82. The van der Waals surface area contributed by atoms with Crippen LogP contribution in [0.2, 0.25) is 5.02 Å². The molecule has 112 valence electrons. The average molecular weight is 306 g/mol. The van der Waals surface area contributed by atoms with Crippen LogP contribution in [0, 0.1) is 13.8 Å². The molecule has 2 N–H and O–H groups in total. The monoisotopic (exact) mass is 305 g/mol. The third kappa shape index (κ3) is 3.64. The number of nitrogens with zero attached hydrogens (tertiary/aromatic N) is 2. The van der Waals surface area contributed by atoms with Gasteiger partial charge in [-0.1, -0.05) is 32.4 Å². The third-order valence-corrected chi connectivity index (χ3v) is 3.62. The van der Waals surface area contributed by atoms with Crippen LogP contribution in [-0.4, -0.2) is 9.97 Å². The van der Waals surface area contributed by atoms with Gasteiger partial charge in [0.25, 0.3) is 0 Å². The number of aryl methyl sites for hydroxylation is 2. The van der Waals surface area contributed by atoms with Gasteiger partial charge in [0, 0.05) is 16.5 Å². The van der Waals surface area contributed by atoms with Gasteiger partial charge >= 0.3 is 0 Å². The maximum Gasteiger partial charge on any atom is 0.224 e. The summed E-state index contributed by atoms with van der Waals surface area (Å²) in [6.45, 7) is 9.97. The van der Waals surface area contributed by atoms with Crippen molar-refractivity contribution < 1.29 is 4.74 Å².